The van der Waals surface area contributed by atoms with Gasteiger partial charge in [0.1, 0.15) is 5.82 Å². The van der Waals surface area contributed by atoms with Crippen molar-refractivity contribution in [3.63, 3.8) is 0 Å². The first kappa shape index (κ1) is 13.6. The van der Waals surface area contributed by atoms with Crippen LogP contribution in [-0.4, -0.2) is 5.78 Å². The molecule has 0 heterocycles. The number of carbonyl (C=O) groups excluding carboxylic acids is 1. The van der Waals surface area contributed by atoms with Gasteiger partial charge in [0.05, 0.1) is 10.0 Å². The van der Waals surface area contributed by atoms with Gasteiger partial charge in [0.2, 0.25) is 0 Å². The number of nitrogens with two attached hydrogens (primary N) is 1. The minimum Gasteiger partial charge on any atom is -0.398 e. The van der Waals surface area contributed by atoms with Crippen molar-refractivity contribution in [1.29, 1.82) is 0 Å². The van der Waals surface area contributed by atoms with Gasteiger partial charge in [-0.2, -0.15) is 0 Å². The Morgan fingerprint density at radius 2 is 1.63 bits per heavy atom. The molecule has 2 N–H and O–H groups in total. The highest BCUT2D eigenvalue weighted by molar-refractivity contribution is 9.10. The van der Waals surface area contributed by atoms with E-state index >= 15 is 0 Å². The summed E-state index contributed by atoms with van der Waals surface area (Å²) >= 11 is 3.10. The second-order valence-corrected chi connectivity index (χ2v) is 4.58. The van der Waals surface area contributed by atoms with Gasteiger partial charge in [0.25, 0.3) is 0 Å². The molecule has 0 radical (unpaired) electrons. The maximum absolute atomic E-state index is 13.5. The standard InChI is InChI=1S/C13H7BrF3NO/c14-12-6(2-1-3-11(12)18)13(19)7-4-9(16)10(17)5-8(7)15/h1-5H,18H2. The summed E-state index contributed by atoms with van der Waals surface area (Å²) in [4.78, 5) is 12.1. The van der Waals surface area contributed by atoms with Crippen LogP contribution in [0.1, 0.15) is 15.9 Å². The molecule has 0 spiro atoms. The first-order chi connectivity index (χ1) is 8.91. The fourth-order valence-electron chi connectivity index (χ4n) is 1.57. The number of rotatable bonds is 2. The molecular formula is C13H7BrF3NO. The van der Waals surface area contributed by atoms with Crippen molar-refractivity contribution in [2.75, 3.05) is 5.73 Å². The Hall–Kier alpha value is -1.82. The molecule has 0 aliphatic carbocycles. The van der Waals surface area contributed by atoms with Crippen molar-refractivity contribution in [3.8, 4) is 0 Å². The lowest BCUT2D eigenvalue weighted by atomic mass is 10.0. The molecule has 98 valence electrons. The lowest BCUT2D eigenvalue weighted by Gasteiger charge is -2.07. The topological polar surface area (TPSA) is 43.1 Å². The highest BCUT2D eigenvalue weighted by Crippen LogP contribution is 2.27. The summed E-state index contributed by atoms with van der Waals surface area (Å²) in [7, 11) is 0. The van der Waals surface area contributed by atoms with Gasteiger partial charge < -0.3 is 5.73 Å². The summed E-state index contributed by atoms with van der Waals surface area (Å²) in [5.74, 6) is -4.54. The zero-order valence-corrected chi connectivity index (χ0v) is 11.0. The highest BCUT2D eigenvalue weighted by Gasteiger charge is 2.20. The van der Waals surface area contributed by atoms with E-state index in [2.05, 4.69) is 15.9 Å². The summed E-state index contributed by atoms with van der Waals surface area (Å²) in [5.41, 5.74) is 5.41. The Kier molecular flexibility index (Phi) is 3.61. The molecule has 2 aromatic rings. The van der Waals surface area contributed by atoms with Crippen LogP contribution in [0.4, 0.5) is 18.9 Å². The molecule has 0 aromatic heterocycles. The average Bonchev–Trinajstić information content (AvgIpc) is 2.36. The van der Waals surface area contributed by atoms with Crippen LogP contribution in [0.2, 0.25) is 0 Å². The lowest BCUT2D eigenvalue weighted by molar-refractivity contribution is 0.103. The number of hydrogen-bond donors (Lipinski definition) is 1. The smallest absolute Gasteiger partial charge is 0.197 e. The minimum absolute atomic E-state index is 0.0740. The minimum atomic E-state index is -1.35. The summed E-state index contributed by atoms with van der Waals surface area (Å²) in [5, 5.41) is 0. The Morgan fingerprint density at radius 1 is 1.00 bits per heavy atom. The first-order valence-corrected chi connectivity index (χ1v) is 5.94. The molecule has 0 unspecified atom stereocenters. The van der Waals surface area contributed by atoms with E-state index in [4.69, 9.17) is 5.73 Å². The monoisotopic (exact) mass is 329 g/mol. The van der Waals surface area contributed by atoms with Crippen LogP contribution in [0.25, 0.3) is 0 Å². The molecule has 2 nitrogen and oxygen atoms in total. The van der Waals surface area contributed by atoms with Crippen LogP contribution >= 0.6 is 15.9 Å². The molecule has 19 heavy (non-hydrogen) atoms. The number of anilines is 1. The van der Waals surface area contributed by atoms with Crippen LogP contribution in [0.3, 0.4) is 0 Å². The van der Waals surface area contributed by atoms with Crippen LogP contribution < -0.4 is 5.73 Å². The number of ketones is 1. The first-order valence-electron chi connectivity index (χ1n) is 5.15. The quantitative estimate of drug-likeness (QED) is 0.519. The van der Waals surface area contributed by atoms with E-state index in [0.29, 0.717) is 12.1 Å². The second-order valence-electron chi connectivity index (χ2n) is 3.78. The van der Waals surface area contributed by atoms with Gasteiger partial charge in [-0.05, 0) is 34.1 Å². The lowest BCUT2D eigenvalue weighted by Crippen LogP contribution is -2.08. The van der Waals surface area contributed by atoms with Crippen molar-refractivity contribution in [2.45, 2.75) is 0 Å². The Labute approximate surface area is 115 Å². The van der Waals surface area contributed by atoms with Crippen LogP contribution in [-0.2, 0) is 0 Å². The SMILES string of the molecule is Nc1cccc(C(=O)c2cc(F)c(F)cc2F)c1Br. The van der Waals surface area contributed by atoms with E-state index in [0.717, 1.165) is 0 Å². The van der Waals surface area contributed by atoms with Crippen molar-refractivity contribution in [2.24, 2.45) is 0 Å². The molecule has 0 aliphatic heterocycles. The Morgan fingerprint density at radius 3 is 2.32 bits per heavy atom. The molecular weight excluding hydrogens is 323 g/mol. The summed E-state index contributed by atoms with van der Waals surface area (Å²) in [6, 6.07) is 5.32. The van der Waals surface area contributed by atoms with Crippen LogP contribution in [0.5, 0.6) is 0 Å². The number of halogens is 4. The van der Waals surface area contributed by atoms with Crippen molar-refractivity contribution < 1.29 is 18.0 Å². The molecule has 2 rings (SSSR count). The Balaban J connectivity index is 2.56. The van der Waals surface area contributed by atoms with Crippen molar-refractivity contribution in [3.05, 3.63) is 63.4 Å². The molecule has 0 amide bonds. The molecule has 0 saturated heterocycles. The molecule has 0 fully saturated rings. The molecule has 0 bridgehead atoms. The van der Waals surface area contributed by atoms with E-state index in [9.17, 15) is 18.0 Å². The van der Waals surface area contributed by atoms with E-state index in [-0.39, 0.29) is 15.7 Å². The van der Waals surface area contributed by atoms with Gasteiger partial charge in [0.15, 0.2) is 17.4 Å². The second kappa shape index (κ2) is 5.05. The molecule has 0 aliphatic rings. The zero-order valence-electron chi connectivity index (χ0n) is 9.38. The third-order valence-corrected chi connectivity index (χ3v) is 3.41. The normalized spacial score (nSPS) is 10.5. The molecule has 2 aromatic carbocycles. The third-order valence-electron chi connectivity index (χ3n) is 2.53. The summed E-state index contributed by atoms with van der Waals surface area (Å²) in [6.07, 6.45) is 0. The summed E-state index contributed by atoms with van der Waals surface area (Å²) < 4.78 is 39.7. The van der Waals surface area contributed by atoms with Gasteiger partial charge in [-0.1, -0.05) is 6.07 Å². The fraction of sp³-hybridized carbons (Fsp3) is 0. The predicted molar refractivity (Wildman–Crippen MR) is 68.3 cm³/mol. The number of benzene rings is 2. The molecule has 6 heteroatoms. The van der Waals surface area contributed by atoms with Crippen molar-refractivity contribution in [1.82, 2.24) is 0 Å². The van der Waals surface area contributed by atoms with E-state index in [1.807, 2.05) is 0 Å². The maximum Gasteiger partial charge on any atom is 0.197 e. The third kappa shape index (κ3) is 2.49. The Bertz CT molecular complexity index is 673. The highest BCUT2D eigenvalue weighted by atomic mass is 79.9. The number of carbonyl (C=O) groups is 1. The van der Waals surface area contributed by atoms with E-state index < -0.39 is 28.8 Å². The molecule has 0 saturated carbocycles. The number of nitrogen functional groups attached to an aromatic ring is 1. The van der Waals surface area contributed by atoms with Gasteiger partial charge in [-0.25, -0.2) is 13.2 Å². The molecule has 0 atom stereocenters. The number of hydrogen-bond acceptors (Lipinski definition) is 2. The van der Waals surface area contributed by atoms with Gasteiger partial charge >= 0.3 is 0 Å². The fourth-order valence-corrected chi connectivity index (χ4v) is 2.01. The van der Waals surface area contributed by atoms with Crippen molar-refractivity contribution >= 4 is 27.4 Å². The van der Waals surface area contributed by atoms with Gasteiger partial charge in [-0.3, -0.25) is 4.79 Å². The van der Waals surface area contributed by atoms with Gasteiger partial charge in [-0.15, -0.1) is 0 Å². The van der Waals surface area contributed by atoms with Gasteiger partial charge in [0, 0.05) is 17.3 Å². The maximum atomic E-state index is 13.5. The zero-order chi connectivity index (χ0) is 14.2. The van der Waals surface area contributed by atoms with E-state index in [1.54, 1.807) is 6.07 Å². The van der Waals surface area contributed by atoms with Crippen LogP contribution in [0.15, 0.2) is 34.8 Å². The van der Waals surface area contributed by atoms with E-state index in [1.165, 1.54) is 12.1 Å². The predicted octanol–water partition coefficient (Wildman–Crippen LogP) is 3.68. The average molecular weight is 330 g/mol. The van der Waals surface area contributed by atoms with Crippen LogP contribution in [0, 0.1) is 17.5 Å². The summed E-state index contributed by atoms with van der Waals surface area (Å²) in [6.45, 7) is 0. The largest absolute Gasteiger partial charge is 0.398 e.